The Kier molecular flexibility index (Phi) is 5.34. The average Bonchev–Trinajstić information content (AvgIpc) is 2.71. The van der Waals surface area contributed by atoms with Crippen LogP contribution in [0.4, 0.5) is 27.5 Å². The van der Waals surface area contributed by atoms with Crippen LogP contribution in [0.5, 0.6) is 0 Å². The Morgan fingerprint density at radius 1 is 0.828 bits per heavy atom. The Labute approximate surface area is 171 Å². The maximum absolute atomic E-state index is 13.2. The summed E-state index contributed by atoms with van der Waals surface area (Å²) in [5, 5.41) is 3.41. The second-order valence-electron chi connectivity index (χ2n) is 7.53. The summed E-state index contributed by atoms with van der Waals surface area (Å²) in [5.74, 6) is 1.36. The van der Waals surface area contributed by atoms with Gasteiger partial charge < -0.3 is 15.1 Å². The molecule has 4 rings (SSSR count). The van der Waals surface area contributed by atoms with Crippen molar-refractivity contribution < 1.29 is 4.39 Å². The van der Waals surface area contributed by atoms with Gasteiger partial charge in [-0.2, -0.15) is 4.98 Å². The highest BCUT2D eigenvalue weighted by Crippen LogP contribution is 2.25. The SMILES string of the molecule is Cc1cc(N2CCN(c3ccc(F)cc3)CC2)nc(Nc2c(C)cccc2C)n1. The molecule has 1 N–H and O–H groups in total. The van der Waals surface area contributed by atoms with Gasteiger partial charge in [0.1, 0.15) is 11.6 Å². The van der Waals surface area contributed by atoms with Crippen molar-refractivity contribution in [3.05, 3.63) is 71.2 Å². The van der Waals surface area contributed by atoms with Gasteiger partial charge in [-0.1, -0.05) is 18.2 Å². The van der Waals surface area contributed by atoms with Crippen LogP contribution < -0.4 is 15.1 Å². The molecule has 1 aliphatic rings. The molecule has 29 heavy (non-hydrogen) atoms. The minimum atomic E-state index is -0.201. The maximum Gasteiger partial charge on any atom is 0.229 e. The third-order valence-corrected chi connectivity index (χ3v) is 5.35. The number of hydrogen-bond donors (Lipinski definition) is 1. The second-order valence-corrected chi connectivity index (χ2v) is 7.53. The summed E-state index contributed by atoms with van der Waals surface area (Å²) in [4.78, 5) is 13.9. The number of halogens is 1. The number of nitrogens with one attached hydrogen (secondary N) is 1. The van der Waals surface area contributed by atoms with Crippen LogP contribution in [0.25, 0.3) is 0 Å². The van der Waals surface area contributed by atoms with E-state index in [-0.39, 0.29) is 5.82 Å². The van der Waals surface area contributed by atoms with Crippen LogP contribution in [0.3, 0.4) is 0 Å². The number of nitrogens with zero attached hydrogens (tertiary/aromatic N) is 4. The highest BCUT2D eigenvalue weighted by molar-refractivity contribution is 5.63. The summed E-state index contributed by atoms with van der Waals surface area (Å²) in [6.07, 6.45) is 0. The van der Waals surface area contributed by atoms with Gasteiger partial charge in [0.05, 0.1) is 0 Å². The molecule has 0 spiro atoms. The molecule has 2 aromatic carbocycles. The van der Waals surface area contributed by atoms with Crippen LogP contribution in [0.1, 0.15) is 16.8 Å². The summed E-state index contributed by atoms with van der Waals surface area (Å²) < 4.78 is 13.2. The van der Waals surface area contributed by atoms with E-state index in [9.17, 15) is 4.39 Å². The number of anilines is 4. The molecule has 0 bridgehead atoms. The Morgan fingerprint density at radius 2 is 1.45 bits per heavy atom. The van der Waals surface area contributed by atoms with Crippen molar-refractivity contribution in [2.75, 3.05) is 41.3 Å². The molecular weight excluding hydrogens is 365 g/mol. The molecule has 0 amide bonds. The van der Waals surface area contributed by atoms with E-state index in [1.54, 1.807) is 0 Å². The predicted octanol–water partition coefficient (Wildman–Crippen LogP) is 4.61. The van der Waals surface area contributed by atoms with E-state index in [2.05, 4.69) is 52.1 Å². The van der Waals surface area contributed by atoms with Gasteiger partial charge in [-0.3, -0.25) is 0 Å². The molecule has 0 aliphatic carbocycles. The minimum absolute atomic E-state index is 0.201. The van der Waals surface area contributed by atoms with Gasteiger partial charge in [-0.05, 0) is 56.2 Å². The largest absolute Gasteiger partial charge is 0.368 e. The van der Waals surface area contributed by atoms with E-state index in [1.165, 1.54) is 23.3 Å². The van der Waals surface area contributed by atoms with E-state index in [4.69, 9.17) is 4.98 Å². The molecule has 0 unspecified atom stereocenters. The van der Waals surface area contributed by atoms with E-state index in [0.29, 0.717) is 5.95 Å². The van der Waals surface area contributed by atoms with Gasteiger partial charge in [0, 0.05) is 49.3 Å². The number of aryl methyl sites for hydroxylation is 3. The van der Waals surface area contributed by atoms with E-state index >= 15 is 0 Å². The summed E-state index contributed by atoms with van der Waals surface area (Å²) in [7, 11) is 0. The Morgan fingerprint density at radius 3 is 2.10 bits per heavy atom. The maximum atomic E-state index is 13.2. The molecule has 1 aliphatic heterocycles. The number of aromatic nitrogens is 2. The molecule has 1 aromatic heterocycles. The first-order valence-electron chi connectivity index (χ1n) is 9.94. The van der Waals surface area contributed by atoms with Crippen molar-refractivity contribution in [3.8, 4) is 0 Å². The monoisotopic (exact) mass is 391 g/mol. The summed E-state index contributed by atoms with van der Waals surface area (Å²) in [6.45, 7) is 9.62. The molecule has 3 aromatic rings. The smallest absolute Gasteiger partial charge is 0.229 e. The van der Waals surface area contributed by atoms with Crippen LogP contribution in [0, 0.1) is 26.6 Å². The van der Waals surface area contributed by atoms with Crippen LogP contribution in [0.15, 0.2) is 48.5 Å². The molecule has 1 saturated heterocycles. The zero-order valence-electron chi connectivity index (χ0n) is 17.1. The van der Waals surface area contributed by atoms with E-state index < -0.39 is 0 Å². The summed E-state index contributed by atoms with van der Waals surface area (Å²) >= 11 is 0. The lowest BCUT2D eigenvalue weighted by Gasteiger charge is -2.36. The first-order valence-corrected chi connectivity index (χ1v) is 9.94. The fourth-order valence-electron chi connectivity index (χ4n) is 3.74. The van der Waals surface area contributed by atoms with E-state index in [1.807, 2.05) is 25.1 Å². The van der Waals surface area contributed by atoms with Crippen molar-refractivity contribution in [2.24, 2.45) is 0 Å². The molecular formula is C23H26FN5. The fraction of sp³-hybridized carbons (Fsp3) is 0.304. The van der Waals surface area contributed by atoms with Crippen molar-refractivity contribution in [3.63, 3.8) is 0 Å². The quantitative estimate of drug-likeness (QED) is 0.704. The number of benzene rings is 2. The lowest BCUT2D eigenvalue weighted by Crippen LogP contribution is -2.46. The zero-order valence-corrected chi connectivity index (χ0v) is 17.1. The van der Waals surface area contributed by atoms with Crippen LogP contribution in [-0.4, -0.2) is 36.1 Å². The van der Waals surface area contributed by atoms with Crippen LogP contribution in [0.2, 0.25) is 0 Å². The van der Waals surface area contributed by atoms with Crippen molar-refractivity contribution in [2.45, 2.75) is 20.8 Å². The van der Waals surface area contributed by atoms with Crippen LogP contribution in [-0.2, 0) is 0 Å². The zero-order chi connectivity index (χ0) is 20.4. The Hall–Kier alpha value is -3.15. The minimum Gasteiger partial charge on any atom is -0.368 e. The Bertz CT molecular complexity index is 974. The lowest BCUT2D eigenvalue weighted by atomic mass is 10.1. The topological polar surface area (TPSA) is 44.3 Å². The van der Waals surface area contributed by atoms with E-state index in [0.717, 1.165) is 49.1 Å². The summed E-state index contributed by atoms with van der Waals surface area (Å²) in [6, 6.07) is 15.0. The van der Waals surface area contributed by atoms with Crippen molar-refractivity contribution >= 4 is 23.1 Å². The first-order chi connectivity index (χ1) is 14.0. The number of hydrogen-bond acceptors (Lipinski definition) is 5. The fourth-order valence-corrected chi connectivity index (χ4v) is 3.74. The van der Waals surface area contributed by atoms with Crippen LogP contribution >= 0.6 is 0 Å². The highest BCUT2D eigenvalue weighted by atomic mass is 19.1. The number of rotatable bonds is 4. The predicted molar refractivity (Wildman–Crippen MR) is 117 cm³/mol. The number of piperazine rings is 1. The normalized spacial score (nSPS) is 14.2. The molecule has 0 atom stereocenters. The van der Waals surface area contributed by atoms with Gasteiger partial charge in [0.2, 0.25) is 5.95 Å². The molecule has 0 radical (unpaired) electrons. The first kappa shape index (κ1) is 19.2. The summed E-state index contributed by atoms with van der Waals surface area (Å²) in [5.41, 5.74) is 5.39. The average molecular weight is 391 g/mol. The third-order valence-electron chi connectivity index (χ3n) is 5.35. The lowest BCUT2D eigenvalue weighted by molar-refractivity contribution is 0.624. The van der Waals surface area contributed by atoms with Gasteiger partial charge in [-0.15, -0.1) is 0 Å². The molecule has 0 saturated carbocycles. The highest BCUT2D eigenvalue weighted by Gasteiger charge is 2.19. The Balaban J connectivity index is 1.49. The van der Waals surface area contributed by atoms with Gasteiger partial charge in [-0.25, -0.2) is 9.37 Å². The molecule has 5 nitrogen and oxygen atoms in total. The number of para-hydroxylation sites is 1. The molecule has 6 heteroatoms. The van der Waals surface area contributed by atoms with Gasteiger partial charge >= 0.3 is 0 Å². The third kappa shape index (κ3) is 4.31. The van der Waals surface area contributed by atoms with Crippen molar-refractivity contribution in [1.82, 2.24) is 9.97 Å². The molecule has 150 valence electrons. The molecule has 2 heterocycles. The second kappa shape index (κ2) is 8.07. The van der Waals surface area contributed by atoms with Gasteiger partial charge in [0.15, 0.2) is 0 Å². The molecule has 1 fully saturated rings. The van der Waals surface area contributed by atoms with Gasteiger partial charge in [0.25, 0.3) is 0 Å². The standard InChI is InChI=1S/C23H26FN5/c1-16-5-4-6-17(2)22(16)27-23-25-18(3)15-21(26-23)29-13-11-28(12-14-29)20-9-7-19(24)8-10-20/h4-10,15H,11-14H2,1-3H3,(H,25,26,27). The van der Waals surface area contributed by atoms with Crippen molar-refractivity contribution in [1.29, 1.82) is 0 Å².